The highest BCUT2D eigenvalue weighted by Gasteiger charge is 2.10. The number of fused-ring (bicyclic) bond motifs is 1. The Morgan fingerprint density at radius 3 is 2.89 bits per heavy atom. The first kappa shape index (κ1) is 11.5. The molecule has 0 saturated heterocycles. The Hall–Kier alpha value is -2.56. The maximum atomic E-state index is 11.9. The lowest BCUT2D eigenvalue weighted by Crippen LogP contribution is -2.15. The highest BCUT2D eigenvalue weighted by molar-refractivity contribution is 5.78. The van der Waals surface area contributed by atoms with Crippen molar-refractivity contribution in [1.29, 1.82) is 0 Å². The van der Waals surface area contributed by atoms with Crippen molar-refractivity contribution in [2.45, 2.75) is 13.0 Å². The molecule has 2 heterocycles. The molecule has 1 aromatic carbocycles. The Balaban J connectivity index is 1.95. The van der Waals surface area contributed by atoms with E-state index >= 15 is 0 Å². The van der Waals surface area contributed by atoms with Gasteiger partial charge in [-0.05, 0) is 31.2 Å². The zero-order valence-electron chi connectivity index (χ0n) is 10.4. The zero-order valence-corrected chi connectivity index (χ0v) is 10.4. The topological polar surface area (TPSA) is 70.9 Å². The second kappa shape index (κ2) is 4.61. The average molecular weight is 255 g/mol. The van der Waals surface area contributed by atoms with Crippen LogP contribution in [0.15, 0.2) is 51.9 Å². The fourth-order valence-corrected chi connectivity index (χ4v) is 1.97. The Bertz CT molecular complexity index is 747. The number of aromatic nitrogens is 2. The van der Waals surface area contributed by atoms with Crippen LogP contribution in [0.4, 0.5) is 5.95 Å². The smallest absolute Gasteiger partial charge is 0.260 e. The number of aromatic amines is 1. The van der Waals surface area contributed by atoms with Crippen LogP contribution in [0.25, 0.3) is 10.9 Å². The summed E-state index contributed by atoms with van der Waals surface area (Å²) in [5.74, 6) is 1.23. The highest BCUT2D eigenvalue weighted by atomic mass is 16.3. The molecule has 96 valence electrons. The Kier molecular flexibility index (Phi) is 2.79. The van der Waals surface area contributed by atoms with Gasteiger partial charge in [0.05, 0.1) is 23.2 Å². The Morgan fingerprint density at radius 2 is 2.11 bits per heavy atom. The quantitative estimate of drug-likeness (QED) is 0.754. The average Bonchev–Trinajstić information content (AvgIpc) is 2.93. The number of anilines is 1. The van der Waals surface area contributed by atoms with Gasteiger partial charge in [-0.15, -0.1) is 0 Å². The third-order valence-corrected chi connectivity index (χ3v) is 2.94. The van der Waals surface area contributed by atoms with Crippen LogP contribution < -0.4 is 10.9 Å². The van der Waals surface area contributed by atoms with Gasteiger partial charge in [0.25, 0.3) is 5.56 Å². The summed E-state index contributed by atoms with van der Waals surface area (Å²) in [4.78, 5) is 19.0. The number of rotatable bonds is 3. The summed E-state index contributed by atoms with van der Waals surface area (Å²) in [6, 6.07) is 10.9. The van der Waals surface area contributed by atoms with Gasteiger partial charge >= 0.3 is 0 Å². The van der Waals surface area contributed by atoms with Gasteiger partial charge in [0.1, 0.15) is 5.76 Å². The van der Waals surface area contributed by atoms with Crippen molar-refractivity contribution in [1.82, 2.24) is 9.97 Å². The Morgan fingerprint density at radius 1 is 1.26 bits per heavy atom. The van der Waals surface area contributed by atoms with Gasteiger partial charge in [-0.2, -0.15) is 0 Å². The van der Waals surface area contributed by atoms with E-state index in [1.54, 1.807) is 12.3 Å². The largest absolute Gasteiger partial charge is 0.467 e. The van der Waals surface area contributed by atoms with Gasteiger partial charge in [-0.1, -0.05) is 12.1 Å². The summed E-state index contributed by atoms with van der Waals surface area (Å²) < 4.78 is 5.30. The number of nitrogens with one attached hydrogen (secondary N) is 2. The molecule has 0 aliphatic heterocycles. The lowest BCUT2D eigenvalue weighted by Gasteiger charge is -2.11. The van der Waals surface area contributed by atoms with Crippen LogP contribution in [0.3, 0.4) is 0 Å². The minimum absolute atomic E-state index is 0.0701. The van der Waals surface area contributed by atoms with E-state index < -0.39 is 0 Å². The van der Waals surface area contributed by atoms with Crippen LogP contribution >= 0.6 is 0 Å². The number of hydrogen-bond acceptors (Lipinski definition) is 4. The van der Waals surface area contributed by atoms with Crippen LogP contribution in [0, 0.1) is 0 Å². The molecule has 3 aromatic rings. The summed E-state index contributed by atoms with van der Waals surface area (Å²) in [5, 5.41) is 3.70. The first-order chi connectivity index (χ1) is 9.24. The lowest BCUT2D eigenvalue weighted by atomic mass is 10.2. The molecule has 0 radical (unpaired) electrons. The van der Waals surface area contributed by atoms with E-state index in [1.807, 2.05) is 37.3 Å². The van der Waals surface area contributed by atoms with Crippen molar-refractivity contribution in [3.63, 3.8) is 0 Å². The van der Waals surface area contributed by atoms with Crippen LogP contribution in [0.1, 0.15) is 18.7 Å². The van der Waals surface area contributed by atoms with Crippen LogP contribution in [-0.4, -0.2) is 9.97 Å². The molecule has 0 fully saturated rings. The molecule has 1 unspecified atom stereocenters. The molecule has 1 atom stereocenters. The number of benzene rings is 1. The van der Waals surface area contributed by atoms with E-state index in [1.165, 1.54) is 0 Å². The van der Waals surface area contributed by atoms with E-state index in [9.17, 15) is 4.79 Å². The molecule has 5 heteroatoms. The molecule has 0 aliphatic rings. The first-order valence-corrected chi connectivity index (χ1v) is 6.03. The number of para-hydroxylation sites is 1. The fraction of sp³-hybridized carbons (Fsp3) is 0.143. The second-order valence-electron chi connectivity index (χ2n) is 4.31. The van der Waals surface area contributed by atoms with Gasteiger partial charge in [0.15, 0.2) is 0 Å². The summed E-state index contributed by atoms with van der Waals surface area (Å²) >= 11 is 0. The molecule has 5 nitrogen and oxygen atoms in total. The molecule has 0 amide bonds. The van der Waals surface area contributed by atoms with Gasteiger partial charge in [0.2, 0.25) is 5.95 Å². The number of furan rings is 1. The van der Waals surface area contributed by atoms with Crippen LogP contribution in [0.5, 0.6) is 0 Å². The normalized spacial score (nSPS) is 12.5. The van der Waals surface area contributed by atoms with E-state index in [0.717, 1.165) is 5.76 Å². The fourth-order valence-electron chi connectivity index (χ4n) is 1.97. The molecular formula is C14H13N3O2. The standard InChI is InChI=1S/C14H13N3O2/c1-9(12-7-4-8-19-12)15-14-16-11-6-3-2-5-10(11)13(18)17-14/h2-9H,1H3,(H2,15,16,17,18). The third-order valence-electron chi connectivity index (χ3n) is 2.94. The monoisotopic (exact) mass is 255 g/mol. The molecule has 0 bridgehead atoms. The zero-order chi connectivity index (χ0) is 13.2. The third kappa shape index (κ3) is 2.22. The van der Waals surface area contributed by atoms with E-state index in [2.05, 4.69) is 15.3 Å². The predicted octanol–water partition coefficient (Wildman–Crippen LogP) is 2.69. The van der Waals surface area contributed by atoms with Gasteiger partial charge < -0.3 is 9.73 Å². The number of nitrogens with zero attached hydrogens (tertiary/aromatic N) is 1. The molecule has 0 spiro atoms. The number of hydrogen-bond donors (Lipinski definition) is 2. The van der Waals surface area contributed by atoms with Gasteiger partial charge in [0, 0.05) is 0 Å². The predicted molar refractivity (Wildman–Crippen MR) is 73.1 cm³/mol. The van der Waals surface area contributed by atoms with Crippen LogP contribution in [-0.2, 0) is 0 Å². The maximum Gasteiger partial charge on any atom is 0.260 e. The second-order valence-corrected chi connectivity index (χ2v) is 4.31. The van der Waals surface area contributed by atoms with E-state index in [4.69, 9.17) is 4.42 Å². The first-order valence-electron chi connectivity index (χ1n) is 6.03. The van der Waals surface area contributed by atoms with Gasteiger partial charge in [-0.3, -0.25) is 9.78 Å². The summed E-state index contributed by atoms with van der Waals surface area (Å²) in [5.41, 5.74) is 0.514. The van der Waals surface area contributed by atoms with Crippen molar-refractivity contribution in [3.8, 4) is 0 Å². The van der Waals surface area contributed by atoms with Crippen molar-refractivity contribution in [3.05, 3.63) is 58.8 Å². The SMILES string of the molecule is CC(Nc1nc2ccccc2c(=O)[nH]1)c1ccco1. The maximum absolute atomic E-state index is 11.9. The van der Waals surface area contributed by atoms with E-state index in [-0.39, 0.29) is 11.6 Å². The Labute approximate surface area is 109 Å². The summed E-state index contributed by atoms with van der Waals surface area (Å²) in [6.45, 7) is 1.94. The van der Waals surface area contributed by atoms with Crippen LogP contribution in [0.2, 0.25) is 0 Å². The highest BCUT2D eigenvalue weighted by Crippen LogP contribution is 2.17. The molecule has 19 heavy (non-hydrogen) atoms. The van der Waals surface area contributed by atoms with Crippen molar-refractivity contribution < 1.29 is 4.42 Å². The molecule has 3 rings (SSSR count). The molecule has 2 aromatic heterocycles. The minimum Gasteiger partial charge on any atom is -0.467 e. The molecule has 0 aliphatic carbocycles. The molecular weight excluding hydrogens is 242 g/mol. The molecule has 2 N–H and O–H groups in total. The summed E-state index contributed by atoms with van der Waals surface area (Å²) in [6.07, 6.45) is 1.62. The van der Waals surface area contributed by atoms with Crippen molar-refractivity contribution in [2.75, 3.05) is 5.32 Å². The van der Waals surface area contributed by atoms with Gasteiger partial charge in [-0.25, -0.2) is 4.98 Å². The molecule has 0 saturated carbocycles. The summed E-state index contributed by atoms with van der Waals surface area (Å²) in [7, 11) is 0. The number of H-pyrrole nitrogens is 1. The minimum atomic E-state index is -0.153. The van der Waals surface area contributed by atoms with Crippen molar-refractivity contribution in [2.24, 2.45) is 0 Å². The van der Waals surface area contributed by atoms with E-state index in [0.29, 0.717) is 16.9 Å². The lowest BCUT2D eigenvalue weighted by molar-refractivity contribution is 0.489. The van der Waals surface area contributed by atoms with Crippen molar-refractivity contribution >= 4 is 16.9 Å².